The van der Waals surface area contributed by atoms with Crippen molar-refractivity contribution in [1.29, 1.82) is 0 Å². The molecular weight excluding hydrogens is 260 g/mol. The van der Waals surface area contributed by atoms with Crippen LogP contribution in [0.5, 0.6) is 0 Å². The highest BCUT2D eigenvalue weighted by atomic mass is 19.4. The molecule has 2 unspecified atom stereocenters. The van der Waals surface area contributed by atoms with Crippen LogP contribution in [0, 0.1) is 11.7 Å². The summed E-state index contributed by atoms with van der Waals surface area (Å²) in [5.74, 6) is -0.469. The van der Waals surface area contributed by atoms with Crippen molar-refractivity contribution in [3.05, 3.63) is 29.6 Å². The van der Waals surface area contributed by atoms with Crippen LogP contribution in [0.15, 0.2) is 18.2 Å². The summed E-state index contributed by atoms with van der Waals surface area (Å²) in [5, 5.41) is 3.16. The predicted molar refractivity (Wildman–Crippen MR) is 63.5 cm³/mol. The van der Waals surface area contributed by atoms with Gasteiger partial charge in [0.15, 0.2) is 0 Å². The van der Waals surface area contributed by atoms with Crippen molar-refractivity contribution in [2.45, 2.75) is 18.6 Å². The van der Waals surface area contributed by atoms with E-state index in [-0.39, 0.29) is 11.7 Å². The first-order chi connectivity index (χ1) is 8.98. The molecule has 1 aromatic carbocycles. The Balaban J connectivity index is 2.05. The Labute approximate surface area is 108 Å². The predicted octanol–water partition coefficient (Wildman–Crippen LogP) is 2.64. The molecule has 104 valence electrons. The molecule has 1 aromatic rings. The smallest absolute Gasteiger partial charge is 0.364 e. The first-order valence-corrected chi connectivity index (χ1v) is 6.31. The average Bonchev–Trinajstić information content (AvgIpc) is 2.90. The molecule has 2 atom stereocenters. The fourth-order valence-electron chi connectivity index (χ4n) is 3.16. The van der Waals surface area contributed by atoms with Crippen molar-refractivity contribution >= 4 is 5.69 Å². The summed E-state index contributed by atoms with van der Waals surface area (Å²) >= 11 is 0. The third kappa shape index (κ3) is 2.08. The molecule has 3 rings (SSSR count). The number of nitrogens with zero attached hydrogens (tertiary/aromatic N) is 1. The number of alkyl halides is 3. The molecule has 2 heterocycles. The Bertz CT molecular complexity index is 486. The number of hydrogen-bond acceptors (Lipinski definition) is 2. The molecule has 0 spiro atoms. The Morgan fingerprint density at radius 3 is 2.74 bits per heavy atom. The second-order valence-corrected chi connectivity index (χ2v) is 5.10. The van der Waals surface area contributed by atoms with Gasteiger partial charge in [-0.1, -0.05) is 6.07 Å². The van der Waals surface area contributed by atoms with E-state index >= 15 is 0 Å². The van der Waals surface area contributed by atoms with Crippen molar-refractivity contribution in [1.82, 2.24) is 5.32 Å². The minimum Gasteiger partial charge on any atom is -0.364 e. The van der Waals surface area contributed by atoms with Crippen LogP contribution in [0.3, 0.4) is 0 Å². The molecule has 2 nitrogen and oxygen atoms in total. The van der Waals surface area contributed by atoms with Crippen LogP contribution in [-0.4, -0.2) is 25.7 Å². The lowest BCUT2D eigenvalue weighted by Gasteiger charge is -2.28. The maximum absolute atomic E-state index is 13.9. The van der Waals surface area contributed by atoms with E-state index in [0.29, 0.717) is 19.0 Å². The van der Waals surface area contributed by atoms with Crippen LogP contribution in [0.2, 0.25) is 0 Å². The summed E-state index contributed by atoms with van der Waals surface area (Å²) in [6.07, 6.45) is -3.72. The lowest BCUT2D eigenvalue weighted by molar-refractivity contribution is -0.137. The molecule has 0 radical (unpaired) electrons. The van der Waals surface area contributed by atoms with Gasteiger partial charge >= 0.3 is 6.18 Å². The third-order valence-corrected chi connectivity index (χ3v) is 4.02. The molecule has 1 N–H and O–H groups in total. The molecule has 0 aromatic heterocycles. The molecule has 0 amide bonds. The van der Waals surface area contributed by atoms with Gasteiger partial charge in [0.1, 0.15) is 5.82 Å². The van der Waals surface area contributed by atoms with Crippen LogP contribution in [0.25, 0.3) is 0 Å². The lowest BCUT2D eigenvalue weighted by atomic mass is 10.0. The molecule has 2 saturated heterocycles. The number of halogens is 4. The number of para-hydroxylation sites is 1. The SMILES string of the molecule is Fc1cccc(C(F)(F)F)c1N1CCC2CNCC21. The van der Waals surface area contributed by atoms with Gasteiger partial charge in [0.2, 0.25) is 0 Å². The van der Waals surface area contributed by atoms with Crippen LogP contribution < -0.4 is 10.2 Å². The molecule has 2 fully saturated rings. The average molecular weight is 274 g/mol. The van der Waals surface area contributed by atoms with Crippen LogP contribution in [-0.2, 0) is 6.18 Å². The van der Waals surface area contributed by atoms with Crippen molar-refractivity contribution in [3.8, 4) is 0 Å². The molecule has 0 aliphatic carbocycles. The van der Waals surface area contributed by atoms with E-state index in [1.807, 2.05) is 0 Å². The van der Waals surface area contributed by atoms with Gasteiger partial charge in [-0.05, 0) is 24.5 Å². The van der Waals surface area contributed by atoms with Gasteiger partial charge in [0.05, 0.1) is 11.3 Å². The van der Waals surface area contributed by atoms with Gasteiger partial charge in [-0.25, -0.2) is 4.39 Å². The van der Waals surface area contributed by atoms with E-state index in [2.05, 4.69) is 5.32 Å². The summed E-state index contributed by atoms with van der Waals surface area (Å²) in [4.78, 5) is 1.59. The Kier molecular flexibility index (Phi) is 2.92. The third-order valence-electron chi connectivity index (χ3n) is 4.02. The minimum absolute atomic E-state index is 0.0296. The maximum Gasteiger partial charge on any atom is 0.418 e. The van der Waals surface area contributed by atoms with Crippen LogP contribution >= 0.6 is 0 Å². The van der Waals surface area contributed by atoms with Crippen molar-refractivity contribution in [2.75, 3.05) is 24.5 Å². The number of benzene rings is 1. The molecule has 19 heavy (non-hydrogen) atoms. The Hall–Kier alpha value is -1.30. The minimum atomic E-state index is -4.53. The second kappa shape index (κ2) is 4.37. The van der Waals surface area contributed by atoms with Gasteiger partial charge in [-0.3, -0.25) is 0 Å². The molecule has 0 saturated carbocycles. The topological polar surface area (TPSA) is 15.3 Å². The summed E-state index contributed by atoms with van der Waals surface area (Å²) in [5.41, 5.74) is -1.16. The normalized spacial score (nSPS) is 26.8. The molecule has 2 aliphatic heterocycles. The Morgan fingerprint density at radius 1 is 1.21 bits per heavy atom. The highest BCUT2D eigenvalue weighted by molar-refractivity contribution is 5.58. The second-order valence-electron chi connectivity index (χ2n) is 5.10. The highest BCUT2D eigenvalue weighted by Gasteiger charge is 2.43. The summed E-state index contributed by atoms with van der Waals surface area (Å²) in [6.45, 7) is 1.91. The van der Waals surface area contributed by atoms with Gasteiger partial charge in [0, 0.05) is 25.7 Å². The summed E-state index contributed by atoms with van der Waals surface area (Å²) in [7, 11) is 0. The number of rotatable bonds is 1. The lowest BCUT2D eigenvalue weighted by Crippen LogP contribution is -2.36. The Morgan fingerprint density at radius 2 is 2.00 bits per heavy atom. The van der Waals surface area contributed by atoms with E-state index in [0.717, 1.165) is 31.2 Å². The first kappa shape index (κ1) is 12.7. The van der Waals surface area contributed by atoms with Gasteiger partial charge in [0.25, 0.3) is 0 Å². The van der Waals surface area contributed by atoms with Gasteiger partial charge in [-0.15, -0.1) is 0 Å². The molecular formula is C13H14F4N2. The van der Waals surface area contributed by atoms with Gasteiger partial charge < -0.3 is 10.2 Å². The number of nitrogens with one attached hydrogen (secondary N) is 1. The molecule has 2 aliphatic rings. The van der Waals surface area contributed by atoms with Crippen molar-refractivity contribution in [2.24, 2.45) is 5.92 Å². The summed E-state index contributed by atoms with van der Waals surface area (Å²) in [6, 6.07) is 3.13. The van der Waals surface area contributed by atoms with Crippen LogP contribution in [0.4, 0.5) is 23.2 Å². The van der Waals surface area contributed by atoms with E-state index < -0.39 is 17.6 Å². The van der Waals surface area contributed by atoms with Crippen molar-refractivity contribution in [3.63, 3.8) is 0 Å². The zero-order chi connectivity index (χ0) is 13.6. The highest BCUT2D eigenvalue weighted by Crippen LogP contribution is 2.42. The summed E-state index contributed by atoms with van der Waals surface area (Å²) < 4.78 is 53.0. The van der Waals surface area contributed by atoms with Crippen LogP contribution in [0.1, 0.15) is 12.0 Å². The zero-order valence-electron chi connectivity index (χ0n) is 10.2. The van der Waals surface area contributed by atoms with Crippen molar-refractivity contribution < 1.29 is 17.6 Å². The number of hydrogen-bond donors (Lipinski definition) is 1. The fraction of sp³-hybridized carbons (Fsp3) is 0.538. The maximum atomic E-state index is 13.9. The standard InChI is InChI=1S/C13H14F4N2/c14-10-3-1-2-9(13(15,16)17)12(10)19-5-4-8-6-18-7-11(8)19/h1-3,8,11,18H,4-7H2. The van der Waals surface area contributed by atoms with E-state index in [9.17, 15) is 17.6 Å². The monoisotopic (exact) mass is 274 g/mol. The van der Waals surface area contributed by atoms with E-state index in [4.69, 9.17) is 0 Å². The van der Waals surface area contributed by atoms with E-state index in [1.165, 1.54) is 0 Å². The van der Waals surface area contributed by atoms with Gasteiger partial charge in [-0.2, -0.15) is 13.2 Å². The molecule has 0 bridgehead atoms. The van der Waals surface area contributed by atoms with E-state index in [1.54, 1.807) is 4.90 Å². The zero-order valence-corrected chi connectivity index (χ0v) is 10.2. The molecule has 6 heteroatoms. The number of fused-ring (bicyclic) bond motifs is 1. The quantitative estimate of drug-likeness (QED) is 0.792. The largest absolute Gasteiger partial charge is 0.418 e. The number of anilines is 1. The fourth-order valence-corrected chi connectivity index (χ4v) is 3.16. The first-order valence-electron chi connectivity index (χ1n) is 6.31.